The highest BCUT2D eigenvalue weighted by molar-refractivity contribution is 7.92. The lowest BCUT2D eigenvalue weighted by Gasteiger charge is -2.09. The average molecular weight is 329 g/mol. The van der Waals surface area contributed by atoms with Crippen LogP contribution in [0.25, 0.3) is 11.3 Å². The van der Waals surface area contributed by atoms with E-state index in [1.54, 1.807) is 43.5 Å². The number of pyridine rings is 1. The number of rotatable bonds is 4. The molecule has 0 radical (unpaired) electrons. The Kier molecular flexibility index (Phi) is 3.87. The summed E-state index contributed by atoms with van der Waals surface area (Å²) >= 11 is 0. The summed E-state index contributed by atoms with van der Waals surface area (Å²) in [7, 11) is -3.69. The second-order valence-electron chi connectivity index (χ2n) is 5.13. The molecule has 0 fully saturated rings. The number of sulfonamides is 1. The number of aryl methyl sites for hydroxylation is 2. The fraction of sp³-hybridized carbons (Fsp3) is 0.125. The van der Waals surface area contributed by atoms with Gasteiger partial charge >= 0.3 is 0 Å². The van der Waals surface area contributed by atoms with Crippen LogP contribution in [-0.4, -0.2) is 18.6 Å². The molecule has 0 bridgehead atoms. The van der Waals surface area contributed by atoms with Crippen molar-refractivity contribution in [3.05, 3.63) is 59.9 Å². The SMILES string of the molecule is Cc1cc(-c2ccc(S(=O)(=O)Nc3ncccc3C)cc2)on1. The number of benzene rings is 1. The summed E-state index contributed by atoms with van der Waals surface area (Å²) in [4.78, 5) is 4.20. The summed E-state index contributed by atoms with van der Waals surface area (Å²) in [6, 6.07) is 11.7. The standard InChI is InChI=1S/C16H15N3O3S/c1-11-4-3-9-17-16(11)19-23(20,21)14-7-5-13(6-8-14)15-10-12(2)18-22-15/h3-10H,1-2H3,(H,17,19). The molecule has 3 rings (SSSR count). The quantitative estimate of drug-likeness (QED) is 0.794. The molecule has 7 heteroatoms. The van der Waals surface area contributed by atoms with Crippen LogP contribution in [-0.2, 0) is 10.0 Å². The Hall–Kier alpha value is -2.67. The zero-order valence-corrected chi connectivity index (χ0v) is 13.5. The van der Waals surface area contributed by atoms with Crippen LogP contribution in [0.1, 0.15) is 11.3 Å². The van der Waals surface area contributed by atoms with E-state index in [1.807, 2.05) is 6.92 Å². The van der Waals surface area contributed by atoms with Gasteiger partial charge in [-0.1, -0.05) is 11.2 Å². The molecule has 0 saturated heterocycles. The van der Waals surface area contributed by atoms with Gasteiger partial charge in [-0.2, -0.15) is 0 Å². The Labute approximate surface area is 134 Å². The van der Waals surface area contributed by atoms with Crippen molar-refractivity contribution in [2.45, 2.75) is 18.7 Å². The second kappa shape index (κ2) is 5.85. The van der Waals surface area contributed by atoms with Crippen molar-refractivity contribution >= 4 is 15.8 Å². The molecule has 23 heavy (non-hydrogen) atoms. The Morgan fingerprint density at radius 2 is 1.83 bits per heavy atom. The molecular formula is C16H15N3O3S. The van der Waals surface area contributed by atoms with Crippen LogP contribution in [0.5, 0.6) is 0 Å². The van der Waals surface area contributed by atoms with Gasteiger partial charge in [0.05, 0.1) is 10.6 Å². The van der Waals surface area contributed by atoms with Crippen molar-refractivity contribution < 1.29 is 12.9 Å². The first-order valence-corrected chi connectivity index (χ1v) is 8.42. The molecule has 0 aliphatic heterocycles. The average Bonchev–Trinajstić information content (AvgIpc) is 2.96. The van der Waals surface area contributed by atoms with E-state index < -0.39 is 10.0 Å². The monoisotopic (exact) mass is 329 g/mol. The summed E-state index contributed by atoms with van der Waals surface area (Å²) < 4.78 is 32.5. The van der Waals surface area contributed by atoms with Gasteiger partial charge in [0.1, 0.15) is 5.82 Å². The van der Waals surface area contributed by atoms with Crippen LogP contribution in [0, 0.1) is 13.8 Å². The summed E-state index contributed by atoms with van der Waals surface area (Å²) in [5.41, 5.74) is 2.28. The van der Waals surface area contributed by atoms with Gasteiger partial charge in [-0.15, -0.1) is 0 Å². The maximum Gasteiger partial charge on any atom is 0.263 e. The molecule has 0 aliphatic rings. The molecule has 0 spiro atoms. The Morgan fingerprint density at radius 3 is 2.43 bits per heavy atom. The minimum Gasteiger partial charge on any atom is -0.356 e. The van der Waals surface area contributed by atoms with Gasteiger partial charge < -0.3 is 4.52 Å². The van der Waals surface area contributed by atoms with E-state index >= 15 is 0 Å². The van der Waals surface area contributed by atoms with Gasteiger partial charge in [0.15, 0.2) is 5.76 Å². The predicted molar refractivity (Wildman–Crippen MR) is 86.5 cm³/mol. The molecule has 0 aliphatic carbocycles. The molecule has 2 heterocycles. The zero-order chi connectivity index (χ0) is 16.4. The van der Waals surface area contributed by atoms with Crippen molar-refractivity contribution in [1.82, 2.24) is 10.1 Å². The van der Waals surface area contributed by atoms with E-state index in [0.29, 0.717) is 11.6 Å². The maximum absolute atomic E-state index is 12.4. The van der Waals surface area contributed by atoms with E-state index in [-0.39, 0.29) is 4.90 Å². The largest absolute Gasteiger partial charge is 0.356 e. The molecule has 1 N–H and O–H groups in total. The van der Waals surface area contributed by atoms with Crippen molar-refractivity contribution in [1.29, 1.82) is 0 Å². The molecule has 0 atom stereocenters. The zero-order valence-electron chi connectivity index (χ0n) is 12.6. The highest BCUT2D eigenvalue weighted by Gasteiger charge is 2.16. The fourth-order valence-corrected chi connectivity index (χ4v) is 3.16. The minimum atomic E-state index is -3.69. The lowest BCUT2D eigenvalue weighted by atomic mass is 10.2. The Balaban J connectivity index is 1.87. The van der Waals surface area contributed by atoms with Gasteiger partial charge in [0.2, 0.25) is 0 Å². The van der Waals surface area contributed by atoms with Crippen molar-refractivity contribution in [3.63, 3.8) is 0 Å². The third kappa shape index (κ3) is 3.24. The summed E-state index contributed by atoms with van der Waals surface area (Å²) in [6.45, 7) is 3.62. The van der Waals surface area contributed by atoms with Crippen LogP contribution in [0.4, 0.5) is 5.82 Å². The lowest BCUT2D eigenvalue weighted by Crippen LogP contribution is -2.14. The first kappa shape index (κ1) is 15.2. The molecule has 1 aromatic carbocycles. The Morgan fingerprint density at radius 1 is 1.09 bits per heavy atom. The van der Waals surface area contributed by atoms with E-state index in [9.17, 15) is 8.42 Å². The van der Waals surface area contributed by atoms with Crippen LogP contribution in [0.3, 0.4) is 0 Å². The fourth-order valence-electron chi connectivity index (χ4n) is 2.08. The number of anilines is 1. The number of hydrogen-bond acceptors (Lipinski definition) is 5. The van der Waals surface area contributed by atoms with Crippen LogP contribution in [0.2, 0.25) is 0 Å². The molecule has 0 amide bonds. The van der Waals surface area contributed by atoms with Crippen LogP contribution < -0.4 is 4.72 Å². The van der Waals surface area contributed by atoms with Crippen molar-refractivity contribution in [3.8, 4) is 11.3 Å². The predicted octanol–water partition coefficient (Wildman–Crippen LogP) is 3.15. The smallest absolute Gasteiger partial charge is 0.263 e. The van der Waals surface area contributed by atoms with Crippen molar-refractivity contribution in [2.24, 2.45) is 0 Å². The molecule has 0 saturated carbocycles. The van der Waals surface area contributed by atoms with Gasteiger partial charge in [-0.05, 0) is 49.7 Å². The first-order chi connectivity index (χ1) is 11.0. The number of nitrogens with one attached hydrogen (secondary N) is 1. The molecular weight excluding hydrogens is 314 g/mol. The first-order valence-electron chi connectivity index (χ1n) is 6.94. The topological polar surface area (TPSA) is 85.1 Å². The van der Waals surface area contributed by atoms with E-state index in [2.05, 4.69) is 14.9 Å². The Bertz CT molecular complexity index is 931. The van der Waals surface area contributed by atoms with E-state index in [4.69, 9.17) is 4.52 Å². The number of hydrogen-bond donors (Lipinski definition) is 1. The van der Waals surface area contributed by atoms with Crippen LogP contribution in [0.15, 0.2) is 58.1 Å². The second-order valence-corrected chi connectivity index (χ2v) is 6.81. The van der Waals surface area contributed by atoms with E-state index in [1.165, 1.54) is 12.1 Å². The molecule has 0 unspecified atom stereocenters. The van der Waals surface area contributed by atoms with Gasteiger partial charge in [-0.3, -0.25) is 4.72 Å². The van der Waals surface area contributed by atoms with Crippen LogP contribution >= 0.6 is 0 Å². The molecule has 118 valence electrons. The normalized spacial score (nSPS) is 11.4. The summed E-state index contributed by atoms with van der Waals surface area (Å²) in [6.07, 6.45) is 1.54. The summed E-state index contributed by atoms with van der Waals surface area (Å²) in [5.74, 6) is 0.919. The van der Waals surface area contributed by atoms with E-state index in [0.717, 1.165) is 16.8 Å². The van der Waals surface area contributed by atoms with Crippen molar-refractivity contribution in [2.75, 3.05) is 4.72 Å². The van der Waals surface area contributed by atoms with Gasteiger partial charge in [0.25, 0.3) is 10.0 Å². The number of nitrogens with zero attached hydrogens (tertiary/aromatic N) is 2. The third-order valence-electron chi connectivity index (χ3n) is 3.32. The molecule has 3 aromatic rings. The lowest BCUT2D eigenvalue weighted by molar-refractivity contribution is 0.427. The highest BCUT2D eigenvalue weighted by atomic mass is 32.2. The van der Waals surface area contributed by atoms with Gasteiger partial charge in [0, 0.05) is 17.8 Å². The molecule has 2 aromatic heterocycles. The highest BCUT2D eigenvalue weighted by Crippen LogP contribution is 2.23. The summed E-state index contributed by atoms with van der Waals surface area (Å²) in [5, 5.41) is 3.82. The maximum atomic E-state index is 12.4. The van der Waals surface area contributed by atoms with Gasteiger partial charge in [-0.25, -0.2) is 13.4 Å². The number of aromatic nitrogens is 2. The minimum absolute atomic E-state index is 0.155. The third-order valence-corrected chi connectivity index (χ3v) is 4.67. The molecule has 6 nitrogen and oxygen atoms in total.